The molecule has 1 aromatic rings. The molecular weight excluding hydrogens is 392 g/mol. The van der Waals surface area contributed by atoms with E-state index in [4.69, 9.17) is 5.73 Å². The number of hydrogen-bond donors (Lipinski definition) is 5. The topological polar surface area (TPSA) is 161 Å². The first kappa shape index (κ1) is 20.5. The number of Topliss-reactive ketones (excluding diaryl/α,β-unsaturated/α-hetero) is 2. The Morgan fingerprint density at radius 1 is 1.23 bits per heavy atom. The lowest BCUT2D eigenvalue weighted by Gasteiger charge is -2.53. The highest BCUT2D eigenvalue weighted by molar-refractivity contribution is 6.24. The molecule has 0 heterocycles. The molecule has 0 aromatic heterocycles. The third kappa shape index (κ3) is 2.49. The van der Waals surface area contributed by atoms with E-state index in [-0.39, 0.29) is 23.3 Å². The van der Waals surface area contributed by atoms with Crippen molar-refractivity contribution in [2.45, 2.75) is 30.6 Å². The highest BCUT2D eigenvalue weighted by atomic mass is 16.3. The molecule has 6 N–H and O–H groups in total. The third-order valence-corrected chi connectivity index (χ3v) is 6.83. The molecule has 3 aliphatic rings. The monoisotopic (exact) mass is 416 g/mol. The van der Waals surface area contributed by atoms with E-state index in [0.717, 1.165) is 0 Å². The maximum Gasteiger partial charge on any atom is 0.230 e. The van der Waals surface area contributed by atoms with Gasteiger partial charge in [-0.05, 0) is 44.5 Å². The van der Waals surface area contributed by atoms with Crippen molar-refractivity contribution in [2.75, 3.05) is 14.1 Å². The molecule has 3 aliphatic carbocycles. The Kier molecular flexibility index (Phi) is 4.53. The number of fused-ring (bicyclic) bond motifs is 3. The van der Waals surface area contributed by atoms with Crippen LogP contribution >= 0.6 is 0 Å². The predicted molar refractivity (Wildman–Crippen MR) is 104 cm³/mol. The molecule has 1 amide bonds. The molecule has 9 nitrogen and oxygen atoms in total. The Morgan fingerprint density at radius 3 is 2.50 bits per heavy atom. The van der Waals surface area contributed by atoms with Gasteiger partial charge in [-0.2, -0.15) is 0 Å². The number of amides is 1. The number of hydrogen-bond acceptors (Lipinski definition) is 8. The minimum absolute atomic E-state index is 0.0954. The Bertz CT molecular complexity index is 1000. The van der Waals surface area contributed by atoms with Crippen molar-refractivity contribution in [3.05, 3.63) is 34.9 Å². The van der Waals surface area contributed by atoms with E-state index in [1.54, 1.807) is 31.1 Å². The van der Waals surface area contributed by atoms with E-state index in [1.165, 1.54) is 6.07 Å². The Morgan fingerprint density at radius 2 is 1.90 bits per heavy atom. The maximum absolute atomic E-state index is 13.5. The van der Waals surface area contributed by atoms with Gasteiger partial charge in [-0.1, -0.05) is 12.1 Å². The van der Waals surface area contributed by atoms with E-state index in [0.29, 0.717) is 12.0 Å². The fourth-order valence-corrected chi connectivity index (χ4v) is 5.54. The molecule has 30 heavy (non-hydrogen) atoms. The Hall–Kier alpha value is -2.75. The van der Waals surface area contributed by atoms with Gasteiger partial charge < -0.3 is 31.1 Å². The van der Waals surface area contributed by atoms with E-state index >= 15 is 0 Å². The summed E-state index contributed by atoms with van der Waals surface area (Å²) in [5.41, 5.74) is 3.30. The van der Waals surface area contributed by atoms with Crippen molar-refractivity contribution in [1.82, 2.24) is 4.90 Å². The molecule has 9 heteroatoms. The molecule has 4 rings (SSSR count). The highest BCUT2D eigenvalue weighted by Gasteiger charge is 2.67. The number of nitrogens with two attached hydrogens (primary N) is 1. The number of nitrogens with zero attached hydrogens (tertiary/aromatic N) is 1. The lowest BCUT2D eigenvalue weighted by molar-refractivity contribution is -0.184. The predicted octanol–water partition coefficient (Wildman–Crippen LogP) is -0.871. The molecule has 5 unspecified atom stereocenters. The summed E-state index contributed by atoms with van der Waals surface area (Å²) in [6.45, 7) is 0. The number of likely N-dealkylation sites (N-methyl/N-ethyl adjacent to an activating group) is 1. The quantitative estimate of drug-likeness (QED) is 0.389. The molecule has 0 bridgehead atoms. The van der Waals surface area contributed by atoms with Gasteiger partial charge in [0.15, 0.2) is 11.4 Å². The number of aliphatic hydroxyl groups is 3. The number of ketones is 2. The lowest BCUT2D eigenvalue weighted by atomic mass is 9.54. The minimum atomic E-state index is -2.62. The summed E-state index contributed by atoms with van der Waals surface area (Å²) in [7, 11) is 3.23. The first-order chi connectivity index (χ1) is 14.0. The first-order valence-corrected chi connectivity index (χ1v) is 9.71. The molecule has 0 spiro atoms. The fraction of sp³-hybridized carbons (Fsp3) is 0.476. The highest BCUT2D eigenvalue weighted by Crippen LogP contribution is 2.51. The van der Waals surface area contributed by atoms with Gasteiger partial charge in [0.25, 0.3) is 0 Å². The van der Waals surface area contributed by atoms with E-state index < -0.39 is 58.7 Å². The zero-order valence-electron chi connectivity index (χ0n) is 16.6. The molecule has 6 atom stereocenters. The molecule has 0 saturated heterocycles. The zero-order chi connectivity index (χ0) is 22.1. The summed E-state index contributed by atoms with van der Waals surface area (Å²) in [6, 6.07) is 3.83. The van der Waals surface area contributed by atoms with E-state index in [2.05, 4.69) is 0 Å². The van der Waals surface area contributed by atoms with Crippen LogP contribution in [0.25, 0.3) is 5.76 Å². The number of aromatic hydroxyl groups is 1. The van der Waals surface area contributed by atoms with Crippen molar-refractivity contribution in [3.8, 4) is 5.75 Å². The van der Waals surface area contributed by atoms with Crippen molar-refractivity contribution >= 4 is 23.2 Å². The summed E-state index contributed by atoms with van der Waals surface area (Å²) in [5.74, 6) is -7.28. The zero-order valence-corrected chi connectivity index (χ0v) is 16.6. The SMILES string of the molecule is CN(C)C1C(O)C(C(N)=O)C(=O)[C@@]2(O)C(=O)C3=C(O)c4c(O)cccc4CC3CC12. The van der Waals surface area contributed by atoms with Crippen LogP contribution in [0, 0.1) is 17.8 Å². The van der Waals surface area contributed by atoms with Gasteiger partial charge in [0.1, 0.15) is 17.4 Å². The van der Waals surface area contributed by atoms with Gasteiger partial charge in [0.05, 0.1) is 11.7 Å². The van der Waals surface area contributed by atoms with Gasteiger partial charge >= 0.3 is 0 Å². The van der Waals surface area contributed by atoms with Crippen LogP contribution in [0.2, 0.25) is 0 Å². The molecule has 160 valence electrons. The maximum atomic E-state index is 13.5. The normalized spacial score (nSPS) is 35.7. The van der Waals surface area contributed by atoms with Crippen LogP contribution in [-0.4, -0.2) is 74.6 Å². The number of phenolic OH excluding ortho intramolecular Hbond substituents is 1. The number of aliphatic hydroxyl groups excluding tert-OH is 2. The summed E-state index contributed by atoms with van der Waals surface area (Å²) in [6.07, 6.45) is -1.05. The standard InChI is InChI=1S/C21H24N2O7/c1-23(2)15-10-7-9-6-8-4-3-5-11(24)12(8)16(25)13(9)18(27)21(10,30)19(28)14(17(15)26)20(22)29/h3-5,9-10,14-15,17,24-26,30H,6-7H2,1-2H3,(H2,22,29)/t9?,10?,14?,15?,17?,21-/m0/s1. The van der Waals surface area contributed by atoms with Crippen molar-refractivity contribution in [1.29, 1.82) is 0 Å². The van der Waals surface area contributed by atoms with Crippen LogP contribution in [0.3, 0.4) is 0 Å². The summed E-state index contributed by atoms with van der Waals surface area (Å²) < 4.78 is 0. The molecule has 1 aromatic carbocycles. The van der Waals surface area contributed by atoms with Gasteiger partial charge in [0.2, 0.25) is 11.7 Å². The average molecular weight is 416 g/mol. The molecule has 0 radical (unpaired) electrons. The smallest absolute Gasteiger partial charge is 0.230 e. The van der Waals surface area contributed by atoms with Gasteiger partial charge in [-0.25, -0.2) is 0 Å². The van der Waals surface area contributed by atoms with Crippen LogP contribution in [-0.2, 0) is 20.8 Å². The van der Waals surface area contributed by atoms with Gasteiger partial charge in [-0.15, -0.1) is 0 Å². The number of phenols is 1. The second-order valence-electron chi connectivity index (χ2n) is 8.60. The number of primary amides is 1. The second kappa shape index (κ2) is 6.63. The fourth-order valence-electron chi connectivity index (χ4n) is 5.54. The molecule has 2 fully saturated rings. The summed E-state index contributed by atoms with van der Waals surface area (Å²) in [4.78, 5) is 40.1. The number of carbonyl (C=O) groups is 3. The number of benzene rings is 1. The van der Waals surface area contributed by atoms with Crippen molar-refractivity contribution < 1.29 is 34.8 Å². The summed E-state index contributed by atoms with van der Waals surface area (Å²) >= 11 is 0. The van der Waals surface area contributed by atoms with Crippen LogP contribution in [0.5, 0.6) is 5.75 Å². The van der Waals surface area contributed by atoms with Gasteiger partial charge in [0, 0.05) is 17.5 Å². The van der Waals surface area contributed by atoms with Crippen molar-refractivity contribution in [2.24, 2.45) is 23.5 Å². The molecule has 0 aliphatic heterocycles. The van der Waals surface area contributed by atoms with Gasteiger partial charge in [-0.3, -0.25) is 14.4 Å². The average Bonchev–Trinajstić information content (AvgIpc) is 2.64. The summed E-state index contributed by atoms with van der Waals surface area (Å²) in [5, 5.41) is 43.2. The van der Waals surface area contributed by atoms with Crippen LogP contribution in [0.4, 0.5) is 0 Å². The molecule has 2 saturated carbocycles. The van der Waals surface area contributed by atoms with E-state index in [9.17, 15) is 34.8 Å². The Balaban J connectivity index is 1.92. The minimum Gasteiger partial charge on any atom is -0.507 e. The van der Waals surface area contributed by atoms with Crippen LogP contribution in [0.15, 0.2) is 23.8 Å². The lowest BCUT2D eigenvalue weighted by Crippen LogP contribution is -2.73. The number of carbonyl (C=O) groups excluding carboxylic acids is 3. The van der Waals surface area contributed by atoms with Crippen LogP contribution in [0.1, 0.15) is 17.5 Å². The molecular formula is C21H24N2O7. The largest absolute Gasteiger partial charge is 0.507 e. The first-order valence-electron chi connectivity index (χ1n) is 9.71. The second-order valence-corrected chi connectivity index (χ2v) is 8.60. The van der Waals surface area contributed by atoms with Crippen LogP contribution < -0.4 is 5.73 Å². The Labute approximate surface area is 172 Å². The van der Waals surface area contributed by atoms with E-state index in [1.807, 2.05) is 0 Å². The third-order valence-electron chi connectivity index (χ3n) is 6.83. The number of rotatable bonds is 2. The van der Waals surface area contributed by atoms with Crippen molar-refractivity contribution in [3.63, 3.8) is 0 Å².